The topological polar surface area (TPSA) is 106 Å². The molecule has 2 aromatic carbocycles. The summed E-state index contributed by atoms with van der Waals surface area (Å²) < 4.78 is 1.72. The fourth-order valence-corrected chi connectivity index (χ4v) is 3.58. The van der Waals surface area contributed by atoms with Gasteiger partial charge in [0.15, 0.2) is 11.6 Å². The summed E-state index contributed by atoms with van der Waals surface area (Å²) in [5.41, 5.74) is 4.69. The fraction of sp³-hybridized carbons (Fsp3) is 0.0385. The molecule has 166 valence electrons. The molecule has 0 unspecified atom stereocenters. The summed E-state index contributed by atoms with van der Waals surface area (Å²) >= 11 is 0. The Bertz CT molecular complexity index is 1500. The number of hydrogen-bond donors (Lipinski definition) is 2. The number of aryl methyl sites for hydroxylation is 1. The Balaban J connectivity index is 1.33. The summed E-state index contributed by atoms with van der Waals surface area (Å²) in [5.74, 6) is 0.573. The second kappa shape index (κ2) is 8.95. The number of aromatic amines is 1. The van der Waals surface area contributed by atoms with Gasteiger partial charge < -0.3 is 10.3 Å². The van der Waals surface area contributed by atoms with Gasteiger partial charge in [-0.15, -0.1) is 10.2 Å². The molecule has 0 aliphatic carbocycles. The molecule has 5 rings (SSSR count). The zero-order valence-electron chi connectivity index (χ0n) is 18.3. The van der Waals surface area contributed by atoms with E-state index in [1.807, 2.05) is 49.4 Å². The maximum Gasteiger partial charge on any atom is 0.256 e. The molecule has 8 nitrogen and oxygen atoms in total. The third-order valence-electron chi connectivity index (χ3n) is 5.31. The Morgan fingerprint density at radius 3 is 2.41 bits per heavy atom. The molecular weight excluding hydrogens is 428 g/mol. The van der Waals surface area contributed by atoms with E-state index in [0.29, 0.717) is 17.2 Å². The molecule has 8 heteroatoms. The minimum Gasteiger partial charge on any atom is -0.328 e. The number of amides is 1. The lowest BCUT2D eigenvalue weighted by molar-refractivity contribution is 0.102. The van der Waals surface area contributed by atoms with Gasteiger partial charge in [0.2, 0.25) is 5.56 Å². The van der Waals surface area contributed by atoms with Crippen molar-refractivity contribution in [2.75, 3.05) is 5.32 Å². The third kappa shape index (κ3) is 4.37. The van der Waals surface area contributed by atoms with E-state index in [1.165, 1.54) is 6.07 Å². The van der Waals surface area contributed by atoms with Gasteiger partial charge in [-0.3, -0.25) is 9.59 Å². The van der Waals surface area contributed by atoms with E-state index in [-0.39, 0.29) is 11.5 Å². The van der Waals surface area contributed by atoms with Crippen molar-refractivity contribution in [3.63, 3.8) is 0 Å². The highest BCUT2D eigenvalue weighted by atomic mass is 16.1. The number of pyridine rings is 1. The van der Waals surface area contributed by atoms with Crippen LogP contribution in [0, 0.1) is 6.92 Å². The van der Waals surface area contributed by atoms with E-state index in [2.05, 4.69) is 25.6 Å². The monoisotopic (exact) mass is 448 g/mol. The molecule has 1 amide bonds. The number of carbonyl (C=O) groups excluding carboxylic acids is 1. The van der Waals surface area contributed by atoms with Crippen LogP contribution < -0.4 is 10.9 Å². The molecule has 5 aromatic rings. The number of benzene rings is 2. The van der Waals surface area contributed by atoms with Crippen LogP contribution in [0.1, 0.15) is 16.1 Å². The first-order valence-corrected chi connectivity index (χ1v) is 10.6. The molecule has 0 bridgehead atoms. The molecule has 0 saturated carbocycles. The van der Waals surface area contributed by atoms with E-state index < -0.39 is 0 Å². The zero-order chi connectivity index (χ0) is 23.5. The Hall–Kier alpha value is -4.85. The first kappa shape index (κ1) is 21.0. The lowest BCUT2D eigenvalue weighted by Gasteiger charge is -2.07. The number of H-pyrrole nitrogens is 1. The van der Waals surface area contributed by atoms with Gasteiger partial charge in [0.05, 0.1) is 5.69 Å². The summed E-state index contributed by atoms with van der Waals surface area (Å²) in [4.78, 5) is 26.7. The maximum atomic E-state index is 12.8. The molecule has 0 saturated heterocycles. The average molecular weight is 448 g/mol. The first-order valence-electron chi connectivity index (χ1n) is 10.6. The van der Waals surface area contributed by atoms with Crippen LogP contribution in [0.2, 0.25) is 0 Å². The zero-order valence-corrected chi connectivity index (χ0v) is 18.3. The molecule has 0 spiro atoms. The number of rotatable bonds is 5. The SMILES string of the molecule is Cc1cc(-c2ccccc2)nn1-c1ccc(NC(=O)c2cccc(-c3ccc(=O)[nH]c3)c2)nn1. The number of aromatic nitrogens is 5. The van der Waals surface area contributed by atoms with Crippen LogP contribution in [0.25, 0.3) is 28.2 Å². The van der Waals surface area contributed by atoms with Gasteiger partial charge in [-0.05, 0) is 54.4 Å². The van der Waals surface area contributed by atoms with Crippen LogP contribution in [0.5, 0.6) is 0 Å². The van der Waals surface area contributed by atoms with Crippen molar-refractivity contribution in [3.05, 3.63) is 113 Å². The van der Waals surface area contributed by atoms with Crippen molar-refractivity contribution in [2.45, 2.75) is 6.92 Å². The van der Waals surface area contributed by atoms with Crippen LogP contribution in [0.3, 0.4) is 0 Å². The van der Waals surface area contributed by atoms with Gasteiger partial charge in [-0.1, -0.05) is 42.5 Å². The van der Waals surface area contributed by atoms with E-state index in [0.717, 1.165) is 28.1 Å². The standard InChI is InChI=1S/C26H20N6O2/c1-17-14-22(18-6-3-2-4-7-18)31-32(17)24-12-11-23(29-30-24)28-26(34)20-9-5-8-19(15-20)21-10-13-25(33)27-16-21/h2-16H,1H3,(H,27,33)(H,28,29,34). The number of anilines is 1. The predicted octanol–water partition coefficient (Wildman–Crippen LogP) is 4.25. The predicted molar refractivity (Wildman–Crippen MR) is 130 cm³/mol. The smallest absolute Gasteiger partial charge is 0.256 e. The molecular formula is C26H20N6O2. The van der Waals surface area contributed by atoms with E-state index in [9.17, 15) is 9.59 Å². The molecule has 0 atom stereocenters. The maximum absolute atomic E-state index is 12.8. The summed E-state index contributed by atoms with van der Waals surface area (Å²) in [6, 6.07) is 25.6. The Labute approximate surface area is 194 Å². The minimum atomic E-state index is -0.310. The highest BCUT2D eigenvalue weighted by molar-refractivity contribution is 6.04. The largest absolute Gasteiger partial charge is 0.328 e. The van der Waals surface area contributed by atoms with Crippen LogP contribution >= 0.6 is 0 Å². The van der Waals surface area contributed by atoms with Gasteiger partial charge in [0.1, 0.15) is 0 Å². The lowest BCUT2D eigenvalue weighted by Crippen LogP contribution is -2.14. The second-order valence-corrected chi connectivity index (χ2v) is 7.70. The van der Waals surface area contributed by atoms with Crippen LogP contribution in [-0.4, -0.2) is 30.9 Å². The normalized spacial score (nSPS) is 10.7. The molecule has 2 N–H and O–H groups in total. The summed E-state index contributed by atoms with van der Waals surface area (Å²) in [6.45, 7) is 1.95. The molecule has 0 radical (unpaired) electrons. The van der Waals surface area contributed by atoms with E-state index in [1.54, 1.807) is 47.3 Å². The summed E-state index contributed by atoms with van der Waals surface area (Å²) in [7, 11) is 0. The highest BCUT2D eigenvalue weighted by Crippen LogP contribution is 2.21. The van der Waals surface area contributed by atoms with Crippen LogP contribution in [0.15, 0.2) is 95.9 Å². The number of nitrogens with zero attached hydrogens (tertiary/aromatic N) is 4. The Morgan fingerprint density at radius 1 is 0.853 bits per heavy atom. The quantitative estimate of drug-likeness (QED) is 0.418. The lowest BCUT2D eigenvalue weighted by atomic mass is 10.0. The Morgan fingerprint density at radius 2 is 1.68 bits per heavy atom. The van der Waals surface area contributed by atoms with Crippen LogP contribution in [-0.2, 0) is 0 Å². The van der Waals surface area contributed by atoms with E-state index in [4.69, 9.17) is 0 Å². The number of nitrogens with one attached hydrogen (secondary N) is 2. The van der Waals surface area contributed by atoms with Crippen molar-refractivity contribution in [2.24, 2.45) is 0 Å². The van der Waals surface area contributed by atoms with Gasteiger partial charge in [-0.2, -0.15) is 5.10 Å². The van der Waals surface area contributed by atoms with Crippen molar-refractivity contribution in [1.82, 2.24) is 25.0 Å². The highest BCUT2D eigenvalue weighted by Gasteiger charge is 2.12. The molecule has 3 heterocycles. The van der Waals surface area contributed by atoms with Crippen molar-refractivity contribution in [1.29, 1.82) is 0 Å². The van der Waals surface area contributed by atoms with Gasteiger partial charge >= 0.3 is 0 Å². The molecule has 3 aromatic heterocycles. The Kier molecular flexibility index (Phi) is 5.53. The molecule has 0 aliphatic heterocycles. The van der Waals surface area contributed by atoms with Gasteiger partial charge in [0.25, 0.3) is 5.91 Å². The van der Waals surface area contributed by atoms with Crippen molar-refractivity contribution in [3.8, 4) is 28.2 Å². The first-order chi connectivity index (χ1) is 16.6. The van der Waals surface area contributed by atoms with E-state index >= 15 is 0 Å². The minimum absolute atomic E-state index is 0.179. The van der Waals surface area contributed by atoms with Gasteiger partial charge in [-0.25, -0.2) is 4.68 Å². The summed E-state index contributed by atoms with van der Waals surface area (Å²) in [6.07, 6.45) is 1.62. The second-order valence-electron chi connectivity index (χ2n) is 7.70. The third-order valence-corrected chi connectivity index (χ3v) is 5.31. The average Bonchev–Trinajstić information content (AvgIpc) is 3.27. The number of hydrogen-bond acceptors (Lipinski definition) is 5. The number of carbonyl (C=O) groups is 1. The fourth-order valence-electron chi connectivity index (χ4n) is 3.58. The molecule has 0 fully saturated rings. The van der Waals surface area contributed by atoms with Crippen LogP contribution in [0.4, 0.5) is 5.82 Å². The van der Waals surface area contributed by atoms with Crippen molar-refractivity contribution >= 4 is 11.7 Å². The van der Waals surface area contributed by atoms with Gasteiger partial charge in [0, 0.05) is 29.1 Å². The molecule has 34 heavy (non-hydrogen) atoms. The molecule has 0 aliphatic rings. The van der Waals surface area contributed by atoms with Crippen molar-refractivity contribution < 1.29 is 4.79 Å². The summed E-state index contributed by atoms with van der Waals surface area (Å²) in [5, 5.41) is 15.8.